The Labute approximate surface area is 190 Å². The van der Waals surface area contributed by atoms with Crippen molar-refractivity contribution >= 4 is 23.7 Å². The average molecular weight is 450 g/mol. The maximum absolute atomic E-state index is 13.5. The lowest BCUT2D eigenvalue weighted by Gasteiger charge is -2.44. The summed E-state index contributed by atoms with van der Waals surface area (Å²) in [5, 5.41) is 0. The molecule has 0 unspecified atom stereocenters. The van der Waals surface area contributed by atoms with E-state index in [1.54, 1.807) is 14.2 Å². The molecule has 172 valence electrons. The molecule has 1 atom stereocenters. The van der Waals surface area contributed by atoms with Gasteiger partial charge in [-0.2, -0.15) is 11.8 Å². The van der Waals surface area contributed by atoms with Gasteiger partial charge in [-0.25, -0.2) is 4.79 Å². The zero-order valence-corrected chi connectivity index (χ0v) is 20.0. The van der Waals surface area contributed by atoms with E-state index in [0.29, 0.717) is 45.0 Å². The molecule has 31 heavy (non-hydrogen) atoms. The Hall–Kier alpha value is -1.77. The van der Waals surface area contributed by atoms with E-state index < -0.39 is 5.54 Å². The van der Waals surface area contributed by atoms with E-state index in [0.717, 1.165) is 30.2 Å². The number of piperidine rings is 1. The summed E-state index contributed by atoms with van der Waals surface area (Å²) in [6, 6.07) is 8.18. The van der Waals surface area contributed by atoms with Gasteiger partial charge in [0.25, 0.3) is 5.91 Å². The predicted octanol–water partition coefficient (Wildman–Crippen LogP) is 2.73. The van der Waals surface area contributed by atoms with Gasteiger partial charge in [0.05, 0.1) is 20.3 Å². The maximum atomic E-state index is 13.5. The summed E-state index contributed by atoms with van der Waals surface area (Å²) in [7, 11) is 3.24. The minimum absolute atomic E-state index is 0.0542. The van der Waals surface area contributed by atoms with Crippen LogP contribution < -0.4 is 4.74 Å². The first-order valence-corrected chi connectivity index (χ1v) is 12.3. The third kappa shape index (κ3) is 5.02. The van der Waals surface area contributed by atoms with E-state index in [1.165, 1.54) is 4.90 Å². The lowest BCUT2D eigenvalue weighted by molar-refractivity contribution is -0.136. The van der Waals surface area contributed by atoms with Crippen LogP contribution in [0.15, 0.2) is 24.3 Å². The van der Waals surface area contributed by atoms with E-state index in [1.807, 2.05) is 40.9 Å². The third-order valence-corrected chi connectivity index (χ3v) is 7.40. The van der Waals surface area contributed by atoms with Crippen LogP contribution in [-0.2, 0) is 16.0 Å². The summed E-state index contributed by atoms with van der Waals surface area (Å²) in [4.78, 5) is 32.4. The van der Waals surface area contributed by atoms with Gasteiger partial charge in [-0.05, 0) is 50.1 Å². The van der Waals surface area contributed by atoms with Gasteiger partial charge in [0, 0.05) is 38.5 Å². The fourth-order valence-electron chi connectivity index (χ4n) is 4.67. The molecule has 0 bridgehead atoms. The van der Waals surface area contributed by atoms with Crippen LogP contribution in [0.4, 0.5) is 4.79 Å². The van der Waals surface area contributed by atoms with Gasteiger partial charge < -0.3 is 14.4 Å². The van der Waals surface area contributed by atoms with Crippen molar-refractivity contribution in [3.05, 3.63) is 29.8 Å². The van der Waals surface area contributed by atoms with E-state index in [9.17, 15) is 9.59 Å². The quantitative estimate of drug-likeness (QED) is 0.512. The molecule has 0 radical (unpaired) electrons. The Morgan fingerprint density at radius 1 is 1.10 bits per heavy atom. The van der Waals surface area contributed by atoms with Crippen LogP contribution in [0, 0.1) is 0 Å². The Morgan fingerprint density at radius 3 is 2.35 bits per heavy atom. The van der Waals surface area contributed by atoms with Gasteiger partial charge >= 0.3 is 6.03 Å². The summed E-state index contributed by atoms with van der Waals surface area (Å²) >= 11 is 1.84. The molecule has 3 amide bonds. The van der Waals surface area contributed by atoms with Crippen molar-refractivity contribution in [1.29, 1.82) is 0 Å². The highest BCUT2D eigenvalue weighted by molar-refractivity contribution is 7.98. The van der Waals surface area contributed by atoms with Gasteiger partial charge in [-0.15, -0.1) is 0 Å². The number of benzene rings is 1. The molecular formula is C23H35N3O4S. The zero-order chi connectivity index (χ0) is 22.4. The Kier molecular flexibility index (Phi) is 8.24. The van der Waals surface area contributed by atoms with Crippen molar-refractivity contribution < 1.29 is 19.1 Å². The second-order valence-corrected chi connectivity index (χ2v) is 9.26. The number of methoxy groups -OCH3 is 2. The smallest absolute Gasteiger partial charge is 0.327 e. The largest absolute Gasteiger partial charge is 0.497 e. The number of carbonyl (C=O) groups excluding carboxylic acids is 2. The molecule has 8 heteroatoms. The van der Waals surface area contributed by atoms with Crippen LogP contribution >= 0.6 is 11.8 Å². The van der Waals surface area contributed by atoms with Crippen LogP contribution in [0.1, 0.15) is 25.3 Å². The van der Waals surface area contributed by atoms with Crippen molar-refractivity contribution in [3.63, 3.8) is 0 Å². The molecule has 0 N–H and O–H groups in total. The molecule has 0 aliphatic carbocycles. The van der Waals surface area contributed by atoms with Crippen LogP contribution in [0.5, 0.6) is 5.75 Å². The predicted molar refractivity (Wildman–Crippen MR) is 124 cm³/mol. The first-order valence-electron chi connectivity index (χ1n) is 10.9. The zero-order valence-electron chi connectivity index (χ0n) is 19.1. The molecule has 7 nitrogen and oxygen atoms in total. The minimum Gasteiger partial charge on any atom is -0.497 e. The Bertz CT molecular complexity index is 750. The number of nitrogens with zero attached hydrogens (tertiary/aromatic N) is 3. The van der Waals surface area contributed by atoms with Gasteiger partial charge in [0.15, 0.2) is 0 Å². The standard InChI is InChI=1S/C23H35N3O4S/c1-18(17-31-4)24-13-10-23(11-14-24)21(27)25(15-16-29-2)22(28)26(23)12-9-19-5-7-20(30-3)8-6-19/h5-8,18H,9-17H2,1-4H3/t18-/m1/s1. The highest BCUT2D eigenvalue weighted by Crippen LogP contribution is 2.38. The number of hydrogen-bond donors (Lipinski definition) is 0. The molecular weight excluding hydrogens is 414 g/mol. The number of rotatable bonds is 10. The first-order chi connectivity index (χ1) is 15.0. The number of imide groups is 1. The van der Waals surface area contributed by atoms with E-state index in [-0.39, 0.29) is 11.9 Å². The molecule has 1 aromatic rings. The number of amides is 3. The van der Waals surface area contributed by atoms with Gasteiger partial charge in [0.1, 0.15) is 11.3 Å². The highest BCUT2D eigenvalue weighted by Gasteiger charge is 2.57. The van der Waals surface area contributed by atoms with Crippen molar-refractivity contribution in [1.82, 2.24) is 14.7 Å². The fraction of sp³-hybridized carbons (Fsp3) is 0.652. The third-order valence-electron chi connectivity index (χ3n) is 6.58. The average Bonchev–Trinajstić information content (AvgIpc) is 2.97. The normalized spacial score (nSPS) is 20.0. The first kappa shape index (κ1) is 23.9. The summed E-state index contributed by atoms with van der Waals surface area (Å²) in [6.45, 7) is 5.09. The van der Waals surface area contributed by atoms with Crippen LogP contribution in [0.25, 0.3) is 0 Å². The molecule has 0 saturated carbocycles. The minimum atomic E-state index is -0.729. The molecule has 2 aliphatic rings. The van der Waals surface area contributed by atoms with Crippen LogP contribution in [0.2, 0.25) is 0 Å². The molecule has 3 rings (SSSR count). The van der Waals surface area contributed by atoms with E-state index in [4.69, 9.17) is 9.47 Å². The summed E-state index contributed by atoms with van der Waals surface area (Å²) in [6.07, 6.45) is 4.19. The lowest BCUT2D eigenvalue weighted by Crippen LogP contribution is -2.58. The number of thioether (sulfide) groups is 1. The second-order valence-electron chi connectivity index (χ2n) is 8.35. The molecule has 2 heterocycles. The molecule has 1 aromatic carbocycles. The molecule has 2 fully saturated rings. The Balaban J connectivity index is 1.76. The maximum Gasteiger partial charge on any atom is 0.327 e. The number of carbonyl (C=O) groups is 2. The number of urea groups is 1. The van der Waals surface area contributed by atoms with Crippen molar-refractivity contribution in [2.75, 3.05) is 59.0 Å². The highest BCUT2D eigenvalue weighted by atomic mass is 32.2. The SMILES string of the molecule is COCCN1C(=O)N(CCc2ccc(OC)cc2)C2(CCN([C@H](C)CSC)CC2)C1=O. The number of hydrogen-bond acceptors (Lipinski definition) is 6. The van der Waals surface area contributed by atoms with Crippen molar-refractivity contribution in [3.8, 4) is 5.75 Å². The Morgan fingerprint density at radius 2 is 1.77 bits per heavy atom. The number of likely N-dealkylation sites (tertiary alicyclic amines) is 1. The second kappa shape index (κ2) is 10.7. The van der Waals surface area contributed by atoms with Crippen LogP contribution in [0.3, 0.4) is 0 Å². The monoisotopic (exact) mass is 449 g/mol. The van der Waals surface area contributed by atoms with Crippen LogP contribution in [-0.4, -0.2) is 97.2 Å². The van der Waals surface area contributed by atoms with E-state index >= 15 is 0 Å². The lowest BCUT2D eigenvalue weighted by atomic mass is 9.85. The summed E-state index contributed by atoms with van der Waals surface area (Å²) in [5.41, 5.74) is 0.393. The summed E-state index contributed by atoms with van der Waals surface area (Å²) < 4.78 is 10.4. The molecule has 2 saturated heterocycles. The molecule has 2 aliphatic heterocycles. The summed E-state index contributed by atoms with van der Waals surface area (Å²) in [5.74, 6) is 1.83. The molecule has 1 spiro atoms. The fourth-order valence-corrected chi connectivity index (χ4v) is 5.36. The molecule has 0 aromatic heterocycles. The van der Waals surface area contributed by atoms with E-state index in [2.05, 4.69) is 18.1 Å². The van der Waals surface area contributed by atoms with Crippen molar-refractivity contribution in [2.24, 2.45) is 0 Å². The topological polar surface area (TPSA) is 62.3 Å². The van der Waals surface area contributed by atoms with Crippen molar-refractivity contribution in [2.45, 2.75) is 37.8 Å². The number of ether oxygens (including phenoxy) is 2. The van der Waals surface area contributed by atoms with Gasteiger partial charge in [0.2, 0.25) is 0 Å². The van der Waals surface area contributed by atoms with Gasteiger partial charge in [-0.1, -0.05) is 12.1 Å². The van der Waals surface area contributed by atoms with Gasteiger partial charge in [-0.3, -0.25) is 14.6 Å².